The largest absolute Gasteiger partial charge is 0.505 e. The summed E-state index contributed by atoms with van der Waals surface area (Å²) in [5, 5.41) is 9.56. The Kier molecular flexibility index (Phi) is 3.64. The zero-order valence-electron chi connectivity index (χ0n) is 6.97. The maximum atomic E-state index is 11.2. The summed E-state index contributed by atoms with van der Waals surface area (Å²) in [5.41, 5.74) is -0.145. The van der Waals surface area contributed by atoms with E-state index in [0.29, 0.717) is 4.47 Å². The summed E-state index contributed by atoms with van der Waals surface area (Å²) >= 11 is 14.5. The zero-order chi connectivity index (χ0) is 10.9. The Bertz CT molecular complexity index is 366. The maximum absolute atomic E-state index is 11.2. The average molecular weight is 300 g/mol. The summed E-state index contributed by atoms with van der Waals surface area (Å²) in [5.74, 6) is -1.12. The second kappa shape index (κ2) is 4.38. The second-order valence-corrected chi connectivity index (χ2v) is 4.01. The van der Waals surface area contributed by atoms with Gasteiger partial charge in [0.2, 0.25) is 0 Å². The van der Waals surface area contributed by atoms with E-state index in [9.17, 15) is 9.90 Å². The number of methoxy groups -OCH3 is 1. The van der Waals surface area contributed by atoms with Crippen LogP contribution in [0.1, 0.15) is 10.4 Å². The molecule has 14 heavy (non-hydrogen) atoms. The molecule has 0 atom stereocenters. The van der Waals surface area contributed by atoms with Crippen molar-refractivity contribution in [3.63, 3.8) is 0 Å². The van der Waals surface area contributed by atoms with E-state index in [4.69, 9.17) is 23.2 Å². The minimum atomic E-state index is -0.740. The van der Waals surface area contributed by atoms with Crippen molar-refractivity contribution in [3.8, 4) is 5.75 Å². The van der Waals surface area contributed by atoms with Crippen LogP contribution in [0.25, 0.3) is 0 Å². The van der Waals surface area contributed by atoms with Crippen molar-refractivity contribution in [1.29, 1.82) is 0 Å². The van der Waals surface area contributed by atoms with Gasteiger partial charge in [0.1, 0.15) is 11.3 Å². The van der Waals surface area contributed by atoms with Crippen LogP contribution >= 0.6 is 39.1 Å². The SMILES string of the molecule is COC(=O)c1c(O)c(Cl)cc(Br)c1Cl. The fourth-order valence-electron chi connectivity index (χ4n) is 0.874. The number of rotatable bonds is 1. The van der Waals surface area contributed by atoms with E-state index in [-0.39, 0.29) is 21.4 Å². The fourth-order valence-corrected chi connectivity index (χ4v) is 1.86. The van der Waals surface area contributed by atoms with Gasteiger partial charge in [-0.25, -0.2) is 4.79 Å². The van der Waals surface area contributed by atoms with Crippen molar-refractivity contribution in [1.82, 2.24) is 0 Å². The molecule has 0 heterocycles. The van der Waals surface area contributed by atoms with E-state index >= 15 is 0 Å². The van der Waals surface area contributed by atoms with Crippen LogP contribution in [0.2, 0.25) is 10.0 Å². The topological polar surface area (TPSA) is 46.5 Å². The number of esters is 1. The number of halogens is 3. The quantitative estimate of drug-likeness (QED) is 0.639. The summed E-state index contributed by atoms with van der Waals surface area (Å²) in [6, 6.07) is 1.39. The van der Waals surface area contributed by atoms with Crippen LogP contribution in [-0.2, 0) is 4.74 Å². The molecule has 0 fully saturated rings. The normalized spacial score (nSPS) is 10.0. The molecule has 1 N–H and O–H groups in total. The molecular weight excluding hydrogens is 295 g/mol. The minimum absolute atomic E-state index is 0.0293. The predicted octanol–water partition coefficient (Wildman–Crippen LogP) is 3.25. The Morgan fingerprint density at radius 2 is 2.14 bits per heavy atom. The van der Waals surface area contributed by atoms with Crippen LogP contribution in [0.3, 0.4) is 0 Å². The van der Waals surface area contributed by atoms with Gasteiger partial charge in [0.15, 0.2) is 0 Å². The highest BCUT2D eigenvalue weighted by Crippen LogP contribution is 2.38. The first-order valence-corrected chi connectivity index (χ1v) is 4.98. The molecule has 0 saturated carbocycles. The van der Waals surface area contributed by atoms with Crippen LogP contribution in [0.15, 0.2) is 10.5 Å². The van der Waals surface area contributed by atoms with Crippen LogP contribution in [0.4, 0.5) is 0 Å². The van der Waals surface area contributed by atoms with Gasteiger partial charge in [-0.1, -0.05) is 23.2 Å². The third kappa shape index (κ3) is 1.97. The van der Waals surface area contributed by atoms with Gasteiger partial charge in [0.05, 0.1) is 17.2 Å². The Hall–Kier alpha value is -0.450. The summed E-state index contributed by atoms with van der Waals surface area (Å²) in [6.07, 6.45) is 0. The van der Waals surface area contributed by atoms with Gasteiger partial charge >= 0.3 is 5.97 Å². The zero-order valence-corrected chi connectivity index (χ0v) is 10.1. The lowest BCUT2D eigenvalue weighted by molar-refractivity contribution is 0.0597. The van der Waals surface area contributed by atoms with Gasteiger partial charge in [-0.3, -0.25) is 0 Å². The molecule has 1 aromatic rings. The van der Waals surface area contributed by atoms with Gasteiger partial charge in [0.25, 0.3) is 0 Å². The number of phenols is 1. The highest BCUT2D eigenvalue weighted by atomic mass is 79.9. The molecule has 3 nitrogen and oxygen atoms in total. The lowest BCUT2D eigenvalue weighted by atomic mass is 10.2. The number of phenolic OH excluding ortho intramolecular Hbond substituents is 1. The maximum Gasteiger partial charge on any atom is 0.343 e. The fraction of sp³-hybridized carbons (Fsp3) is 0.125. The summed E-state index contributed by atoms with van der Waals surface area (Å²) < 4.78 is 4.86. The van der Waals surface area contributed by atoms with Gasteiger partial charge in [0, 0.05) is 4.47 Å². The van der Waals surface area contributed by atoms with Gasteiger partial charge < -0.3 is 9.84 Å². The monoisotopic (exact) mass is 298 g/mol. The number of hydrogen-bond acceptors (Lipinski definition) is 3. The molecule has 0 spiro atoms. The highest BCUT2D eigenvalue weighted by molar-refractivity contribution is 9.10. The van der Waals surface area contributed by atoms with Crippen LogP contribution in [-0.4, -0.2) is 18.2 Å². The molecule has 0 saturated heterocycles. The second-order valence-electron chi connectivity index (χ2n) is 2.37. The molecule has 0 radical (unpaired) electrons. The first-order chi connectivity index (χ1) is 6.49. The van der Waals surface area contributed by atoms with Gasteiger partial charge in [-0.15, -0.1) is 0 Å². The first kappa shape index (κ1) is 11.6. The van der Waals surface area contributed by atoms with Crippen molar-refractivity contribution in [2.24, 2.45) is 0 Å². The molecule has 0 aromatic heterocycles. The first-order valence-electron chi connectivity index (χ1n) is 3.43. The van der Waals surface area contributed by atoms with Gasteiger partial charge in [-0.2, -0.15) is 0 Å². The number of carbonyl (C=O) groups excluding carboxylic acids is 1. The van der Waals surface area contributed by atoms with E-state index in [1.165, 1.54) is 13.2 Å². The van der Waals surface area contributed by atoms with E-state index in [2.05, 4.69) is 20.7 Å². The number of aromatic hydroxyl groups is 1. The van der Waals surface area contributed by atoms with Crippen molar-refractivity contribution >= 4 is 45.1 Å². The highest BCUT2D eigenvalue weighted by Gasteiger charge is 2.21. The molecule has 76 valence electrons. The molecule has 1 rings (SSSR count). The third-order valence-corrected chi connectivity index (χ3v) is 3.07. The number of carbonyl (C=O) groups is 1. The molecule has 0 bridgehead atoms. The summed E-state index contributed by atoms with van der Waals surface area (Å²) in [7, 11) is 1.19. The Labute approximate surface area is 98.7 Å². The standard InChI is InChI=1S/C8H5BrCl2O3/c1-14-8(13)5-6(11)3(9)2-4(10)7(5)12/h2,12H,1H3. The molecule has 1 aromatic carbocycles. The number of ether oxygens (including phenoxy) is 1. The summed E-state index contributed by atoms with van der Waals surface area (Å²) in [4.78, 5) is 11.2. The van der Waals surface area contributed by atoms with Crippen molar-refractivity contribution in [3.05, 3.63) is 26.1 Å². The molecular formula is C8H5BrCl2O3. The summed E-state index contributed by atoms with van der Waals surface area (Å²) in [6.45, 7) is 0. The molecule has 0 unspecified atom stereocenters. The van der Waals surface area contributed by atoms with E-state index in [1.807, 2.05) is 0 Å². The molecule has 6 heteroatoms. The van der Waals surface area contributed by atoms with Crippen LogP contribution < -0.4 is 0 Å². The van der Waals surface area contributed by atoms with E-state index in [1.54, 1.807) is 0 Å². The lowest BCUT2D eigenvalue weighted by Crippen LogP contribution is -2.03. The average Bonchev–Trinajstić information content (AvgIpc) is 2.15. The lowest BCUT2D eigenvalue weighted by Gasteiger charge is -2.07. The van der Waals surface area contributed by atoms with Crippen molar-refractivity contribution < 1.29 is 14.6 Å². The molecule has 0 aliphatic carbocycles. The van der Waals surface area contributed by atoms with Crippen LogP contribution in [0.5, 0.6) is 5.75 Å². The van der Waals surface area contributed by atoms with Crippen LogP contribution in [0, 0.1) is 0 Å². The molecule has 0 aliphatic rings. The Balaban J connectivity index is 3.47. The number of benzene rings is 1. The Morgan fingerprint density at radius 3 is 2.64 bits per heavy atom. The molecule has 0 aliphatic heterocycles. The van der Waals surface area contributed by atoms with E-state index in [0.717, 1.165) is 0 Å². The minimum Gasteiger partial charge on any atom is -0.505 e. The van der Waals surface area contributed by atoms with Crippen molar-refractivity contribution in [2.75, 3.05) is 7.11 Å². The van der Waals surface area contributed by atoms with Gasteiger partial charge in [-0.05, 0) is 22.0 Å². The third-order valence-electron chi connectivity index (χ3n) is 1.54. The Morgan fingerprint density at radius 1 is 1.57 bits per heavy atom. The molecule has 0 amide bonds. The predicted molar refractivity (Wildman–Crippen MR) is 57.2 cm³/mol. The van der Waals surface area contributed by atoms with Crippen molar-refractivity contribution in [2.45, 2.75) is 0 Å². The smallest absolute Gasteiger partial charge is 0.343 e. The number of hydrogen-bond donors (Lipinski definition) is 1. The van der Waals surface area contributed by atoms with E-state index < -0.39 is 5.97 Å².